The van der Waals surface area contributed by atoms with Gasteiger partial charge in [-0.2, -0.15) is 14.6 Å². The van der Waals surface area contributed by atoms with Crippen LogP contribution in [0.25, 0.3) is 5.65 Å². The van der Waals surface area contributed by atoms with Gasteiger partial charge in [0.15, 0.2) is 10.8 Å². The molecule has 4 N–H and O–H groups in total. The van der Waals surface area contributed by atoms with Gasteiger partial charge in [0.1, 0.15) is 0 Å². The summed E-state index contributed by atoms with van der Waals surface area (Å²) in [7, 11) is 0. The average molecular weight is 226 g/mol. The van der Waals surface area contributed by atoms with E-state index in [1.807, 2.05) is 0 Å². The highest BCUT2D eigenvalue weighted by atomic mass is 32.1. The molecule has 0 spiro atoms. The van der Waals surface area contributed by atoms with Crippen LogP contribution in [0.5, 0.6) is 6.01 Å². The molecule has 0 fully saturated rings. The van der Waals surface area contributed by atoms with E-state index in [-0.39, 0.29) is 11.2 Å². The molecule has 15 heavy (non-hydrogen) atoms. The monoisotopic (exact) mass is 226 g/mol. The minimum atomic E-state index is -0.232. The number of hydrogen-bond acceptors (Lipinski definition) is 7. The van der Waals surface area contributed by atoms with Crippen molar-refractivity contribution >= 4 is 18.3 Å². The van der Waals surface area contributed by atoms with E-state index in [4.69, 9.17) is 5.73 Å². The second-order valence-electron chi connectivity index (χ2n) is 2.86. The van der Waals surface area contributed by atoms with Crippen LogP contribution in [-0.4, -0.2) is 31.4 Å². The van der Waals surface area contributed by atoms with Gasteiger partial charge in [-0.15, -0.1) is 12.6 Å². The molecule has 0 atom stereocenters. The molecule has 2 aromatic heterocycles. The summed E-state index contributed by atoms with van der Waals surface area (Å²) in [5, 5.41) is 16.5. The molecule has 0 aromatic carbocycles. The van der Waals surface area contributed by atoms with Crippen LogP contribution in [0.4, 0.5) is 0 Å². The SMILES string of the molecule is NCNCc1cnn2c(O)nc(S)nc12. The fourth-order valence-electron chi connectivity index (χ4n) is 1.23. The number of aromatic nitrogens is 4. The number of nitrogens with zero attached hydrogens (tertiary/aromatic N) is 4. The van der Waals surface area contributed by atoms with E-state index in [0.717, 1.165) is 5.56 Å². The van der Waals surface area contributed by atoms with E-state index in [9.17, 15) is 5.11 Å². The third kappa shape index (κ3) is 1.87. The van der Waals surface area contributed by atoms with Crippen molar-refractivity contribution < 1.29 is 5.11 Å². The Morgan fingerprint density at radius 2 is 2.33 bits per heavy atom. The maximum atomic E-state index is 9.45. The lowest BCUT2D eigenvalue weighted by atomic mass is 10.3. The Kier molecular flexibility index (Phi) is 2.71. The van der Waals surface area contributed by atoms with Gasteiger partial charge in [-0.1, -0.05) is 0 Å². The Hall–Kier alpha value is -1.38. The van der Waals surface area contributed by atoms with E-state index in [0.29, 0.717) is 18.9 Å². The van der Waals surface area contributed by atoms with E-state index in [2.05, 4.69) is 33.0 Å². The zero-order chi connectivity index (χ0) is 10.8. The number of rotatable bonds is 3. The number of nitrogens with one attached hydrogen (secondary N) is 1. The third-order valence-electron chi connectivity index (χ3n) is 1.87. The molecule has 0 aliphatic rings. The fraction of sp³-hybridized carbons (Fsp3) is 0.286. The van der Waals surface area contributed by atoms with Crippen LogP contribution in [0.3, 0.4) is 0 Å². The first kappa shape index (κ1) is 10.1. The Bertz CT molecular complexity index is 484. The highest BCUT2D eigenvalue weighted by Crippen LogP contribution is 2.14. The number of nitrogens with two attached hydrogens (primary N) is 1. The molecule has 8 heteroatoms. The third-order valence-corrected chi connectivity index (χ3v) is 2.07. The minimum Gasteiger partial charge on any atom is -0.479 e. The number of fused-ring (bicyclic) bond motifs is 1. The Balaban J connectivity index is 2.49. The van der Waals surface area contributed by atoms with Crippen LogP contribution in [-0.2, 0) is 6.54 Å². The van der Waals surface area contributed by atoms with Gasteiger partial charge in [0, 0.05) is 18.8 Å². The first-order chi connectivity index (χ1) is 7.22. The van der Waals surface area contributed by atoms with Crippen molar-refractivity contribution in [3.63, 3.8) is 0 Å². The number of thiol groups is 1. The van der Waals surface area contributed by atoms with Crippen LogP contribution < -0.4 is 11.1 Å². The molecule has 0 aliphatic carbocycles. The van der Waals surface area contributed by atoms with Gasteiger partial charge in [-0.3, -0.25) is 0 Å². The Labute approximate surface area is 90.7 Å². The van der Waals surface area contributed by atoms with Crippen molar-refractivity contribution in [1.82, 2.24) is 24.9 Å². The molecule has 0 saturated carbocycles. The standard InChI is InChI=1S/C7H10N6OS/c8-3-9-1-4-2-10-13-5(4)11-6(15)12-7(13)14/h2,9H,1,3,8H2,(H2,11,12,14,15). The minimum absolute atomic E-state index is 0.203. The summed E-state index contributed by atoms with van der Waals surface area (Å²) < 4.78 is 1.24. The predicted octanol–water partition coefficient (Wildman–Crippen LogP) is -0.876. The quantitative estimate of drug-likeness (QED) is 0.401. The first-order valence-electron chi connectivity index (χ1n) is 4.25. The van der Waals surface area contributed by atoms with Gasteiger partial charge in [0.2, 0.25) is 0 Å². The predicted molar refractivity (Wildman–Crippen MR) is 55.6 cm³/mol. The second-order valence-corrected chi connectivity index (χ2v) is 3.26. The van der Waals surface area contributed by atoms with Crippen molar-refractivity contribution in [3.05, 3.63) is 11.8 Å². The van der Waals surface area contributed by atoms with Crippen LogP contribution in [0.1, 0.15) is 5.56 Å². The number of hydrogen-bond donors (Lipinski definition) is 4. The maximum Gasteiger partial charge on any atom is 0.319 e. The van der Waals surface area contributed by atoms with Gasteiger partial charge in [0.25, 0.3) is 0 Å². The van der Waals surface area contributed by atoms with Crippen LogP contribution in [0.2, 0.25) is 0 Å². The molecule has 0 amide bonds. The smallest absolute Gasteiger partial charge is 0.319 e. The lowest BCUT2D eigenvalue weighted by molar-refractivity contribution is 0.404. The van der Waals surface area contributed by atoms with Crippen molar-refractivity contribution in [2.24, 2.45) is 5.73 Å². The molecule has 7 nitrogen and oxygen atoms in total. The zero-order valence-electron chi connectivity index (χ0n) is 7.75. The number of aromatic hydroxyl groups is 1. The van der Waals surface area contributed by atoms with Crippen molar-refractivity contribution in [2.45, 2.75) is 11.7 Å². The van der Waals surface area contributed by atoms with Gasteiger partial charge in [-0.05, 0) is 0 Å². The summed E-state index contributed by atoms with van der Waals surface area (Å²) in [6.07, 6.45) is 1.60. The summed E-state index contributed by atoms with van der Waals surface area (Å²) >= 11 is 3.97. The Morgan fingerprint density at radius 1 is 1.53 bits per heavy atom. The lowest BCUT2D eigenvalue weighted by Crippen LogP contribution is -2.21. The summed E-state index contributed by atoms with van der Waals surface area (Å²) in [6, 6.07) is -0.232. The van der Waals surface area contributed by atoms with Gasteiger partial charge < -0.3 is 16.2 Å². The zero-order valence-corrected chi connectivity index (χ0v) is 8.65. The first-order valence-corrected chi connectivity index (χ1v) is 4.70. The fourth-order valence-corrected chi connectivity index (χ4v) is 1.41. The van der Waals surface area contributed by atoms with E-state index < -0.39 is 0 Å². The van der Waals surface area contributed by atoms with Gasteiger partial charge in [-0.25, -0.2) is 4.98 Å². The van der Waals surface area contributed by atoms with E-state index in [1.165, 1.54) is 4.52 Å². The largest absolute Gasteiger partial charge is 0.479 e. The normalized spacial score (nSPS) is 11.1. The van der Waals surface area contributed by atoms with Crippen molar-refractivity contribution in [3.8, 4) is 6.01 Å². The summed E-state index contributed by atoms with van der Waals surface area (Å²) in [4.78, 5) is 7.72. The lowest BCUT2D eigenvalue weighted by Gasteiger charge is -2.00. The molecule has 80 valence electrons. The molecular weight excluding hydrogens is 216 g/mol. The highest BCUT2D eigenvalue weighted by molar-refractivity contribution is 7.80. The molecular formula is C7H10N6OS. The summed E-state index contributed by atoms with van der Waals surface area (Å²) in [5.74, 6) is 0. The molecule has 2 rings (SSSR count). The van der Waals surface area contributed by atoms with Crippen molar-refractivity contribution in [1.29, 1.82) is 0 Å². The molecule has 0 radical (unpaired) electrons. The van der Waals surface area contributed by atoms with Crippen LogP contribution in [0.15, 0.2) is 11.4 Å². The van der Waals surface area contributed by atoms with Gasteiger partial charge >= 0.3 is 6.01 Å². The molecule has 0 saturated heterocycles. The second kappa shape index (κ2) is 4.01. The van der Waals surface area contributed by atoms with E-state index >= 15 is 0 Å². The summed E-state index contributed by atoms with van der Waals surface area (Å²) in [5.41, 5.74) is 6.66. The van der Waals surface area contributed by atoms with Crippen LogP contribution >= 0.6 is 12.6 Å². The molecule has 0 aliphatic heterocycles. The molecule has 2 heterocycles. The topological polar surface area (TPSA) is 101 Å². The average Bonchev–Trinajstić information content (AvgIpc) is 2.58. The van der Waals surface area contributed by atoms with E-state index in [1.54, 1.807) is 6.20 Å². The molecule has 0 bridgehead atoms. The van der Waals surface area contributed by atoms with Gasteiger partial charge in [0.05, 0.1) is 6.20 Å². The molecule has 2 aromatic rings. The molecule has 0 unspecified atom stereocenters. The summed E-state index contributed by atoms with van der Waals surface area (Å²) in [6.45, 7) is 0.895. The van der Waals surface area contributed by atoms with Crippen molar-refractivity contribution in [2.75, 3.05) is 6.67 Å². The Morgan fingerprint density at radius 3 is 3.07 bits per heavy atom. The van der Waals surface area contributed by atoms with Crippen LogP contribution in [0, 0.1) is 0 Å². The highest BCUT2D eigenvalue weighted by Gasteiger charge is 2.10. The maximum absolute atomic E-state index is 9.45.